The molecular formula is C23H40N6O2. The van der Waals surface area contributed by atoms with Gasteiger partial charge < -0.3 is 26.0 Å². The molecule has 1 saturated heterocycles. The van der Waals surface area contributed by atoms with Gasteiger partial charge in [-0.1, -0.05) is 26.0 Å². The van der Waals surface area contributed by atoms with Crippen LogP contribution in [-0.4, -0.2) is 68.4 Å². The highest BCUT2D eigenvalue weighted by Crippen LogP contribution is 2.13. The van der Waals surface area contributed by atoms with E-state index in [1.807, 2.05) is 38.1 Å². The Kier molecular flexibility index (Phi) is 10.6. The van der Waals surface area contributed by atoms with Crippen LogP contribution in [0.1, 0.15) is 40.2 Å². The van der Waals surface area contributed by atoms with Crippen LogP contribution in [0, 0.1) is 5.92 Å². The molecule has 1 aromatic rings. The summed E-state index contributed by atoms with van der Waals surface area (Å²) >= 11 is 0. The van der Waals surface area contributed by atoms with E-state index in [4.69, 9.17) is 9.73 Å². The maximum atomic E-state index is 11.8. The van der Waals surface area contributed by atoms with E-state index in [-0.39, 0.29) is 12.1 Å². The van der Waals surface area contributed by atoms with Crippen LogP contribution in [0.15, 0.2) is 29.3 Å². The van der Waals surface area contributed by atoms with Gasteiger partial charge in [0.15, 0.2) is 5.96 Å². The van der Waals surface area contributed by atoms with Gasteiger partial charge in [-0.05, 0) is 44.4 Å². The van der Waals surface area contributed by atoms with Crippen LogP contribution in [0.25, 0.3) is 0 Å². The van der Waals surface area contributed by atoms with Crippen LogP contribution >= 0.6 is 0 Å². The summed E-state index contributed by atoms with van der Waals surface area (Å²) in [6.07, 6.45) is 0. The van der Waals surface area contributed by atoms with E-state index in [9.17, 15) is 4.79 Å². The Labute approximate surface area is 187 Å². The lowest BCUT2D eigenvalue weighted by atomic mass is 10.0. The second kappa shape index (κ2) is 13.2. The number of morpholine rings is 1. The lowest BCUT2D eigenvalue weighted by molar-refractivity contribution is 0.00752. The number of aliphatic imine (C=N–C) groups is 1. The van der Waals surface area contributed by atoms with Crippen LogP contribution in [-0.2, 0) is 11.3 Å². The van der Waals surface area contributed by atoms with Crippen molar-refractivity contribution >= 4 is 17.7 Å². The summed E-state index contributed by atoms with van der Waals surface area (Å²) in [7, 11) is 0. The number of nitrogens with one attached hydrogen (secondary N) is 4. The van der Waals surface area contributed by atoms with Crippen molar-refractivity contribution in [3.63, 3.8) is 0 Å². The fraction of sp³-hybridized carbons (Fsp3) is 0.652. The van der Waals surface area contributed by atoms with Gasteiger partial charge in [0.05, 0.1) is 19.8 Å². The minimum Gasteiger partial charge on any atom is -0.379 e. The van der Waals surface area contributed by atoms with Gasteiger partial charge >= 0.3 is 6.03 Å². The Morgan fingerprint density at radius 3 is 2.35 bits per heavy atom. The van der Waals surface area contributed by atoms with Gasteiger partial charge in [0.25, 0.3) is 0 Å². The molecule has 2 amide bonds. The Hall–Kier alpha value is -2.32. The molecule has 1 unspecified atom stereocenters. The molecule has 1 fully saturated rings. The first kappa shape index (κ1) is 24.9. The van der Waals surface area contributed by atoms with E-state index in [1.165, 1.54) is 0 Å². The van der Waals surface area contributed by atoms with E-state index >= 15 is 0 Å². The summed E-state index contributed by atoms with van der Waals surface area (Å²) in [4.78, 5) is 19.1. The van der Waals surface area contributed by atoms with Crippen LogP contribution in [0.3, 0.4) is 0 Å². The number of carbonyl (C=O) groups is 1. The third kappa shape index (κ3) is 9.14. The number of carbonyl (C=O) groups excluding carboxylic acids is 1. The fourth-order valence-electron chi connectivity index (χ4n) is 3.53. The molecule has 31 heavy (non-hydrogen) atoms. The predicted octanol–water partition coefficient (Wildman–Crippen LogP) is 2.63. The van der Waals surface area contributed by atoms with Gasteiger partial charge in [-0.15, -0.1) is 0 Å². The summed E-state index contributed by atoms with van der Waals surface area (Å²) in [6, 6.07) is 8.13. The lowest BCUT2D eigenvalue weighted by Gasteiger charge is -2.37. The zero-order valence-corrected chi connectivity index (χ0v) is 19.7. The molecule has 174 valence electrons. The van der Waals surface area contributed by atoms with E-state index in [0.29, 0.717) is 18.5 Å². The number of rotatable bonds is 9. The van der Waals surface area contributed by atoms with E-state index in [0.717, 1.165) is 56.6 Å². The second-order valence-corrected chi connectivity index (χ2v) is 8.49. The SMILES string of the molecule is CCNC(=NCc1ccc(NC(=O)NC(C)C)cc1)NCC(C(C)C)N1CCOCC1. The number of hydrogen-bond donors (Lipinski definition) is 4. The largest absolute Gasteiger partial charge is 0.379 e. The monoisotopic (exact) mass is 432 g/mol. The molecule has 4 N–H and O–H groups in total. The first-order valence-corrected chi connectivity index (χ1v) is 11.4. The van der Waals surface area contributed by atoms with Crippen molar-refractivity contribution in [1.82, 2.24) is 20.9 Å². The van der Waals surface area contributed by atoms with Crippen molar-refractivity contribution in [2.24, 2.45) is 10.9 Å². The Morgan fingerprint density at radius 1 is 1.10 bits per heavy atom. The van der Waals surface area contributed by atoms with Crippen LogP contribution in [0.2, 0.25) is 0 Å². The van der Waals surface area contributed by atoms with Crippen molar-refractivity contribution in [3.05, 3.63) is 29.8 Å². The van der Waals surface area contributed by atoms with Crippen molar-refractivity contribution in [1.29, 1.82) is 0 Å². The number of hydrogen-bond acceptors (Lipinski definition) is 4. The van der Waals surface area contributed by atoms with Gasteiger partial charge in [-0.2, -0.15) is 0 Å². The lowest BCUT2D eigenvalue weighted by Crippen LogP contribution is -2.52. The maximum absolute atomic E-state index is 11.8. The average Bonchev–Trinajstić information content (AvgIpc) is 2.73. The predicted molar refractivity (Wildman–Crippen MR) is 128 cm³/mol. The number of amides is 2. The summed E-state index contributed by atoms with van der Waals surface area (Å²) in [6.45, 7) is 16.3. The quantitative estimate of drug-likeness (QED) is 0.356. The maximum Gasteiger partial charge on any atom is 0.319 e. The van der Waals surface area contributed by atoms with Crippen LogP contribution in [0.4, 0.5) is 10.5 Å². The highest BCUT2D eigenvalue weighted by molar-refractivity contribution is 5.89. The standard InChI is InChI=1S/C23H40N6O2/c1-6-24-22(26-16-21(17(2)3)29-11-13-31-14-12-29)25-15-19-7-9-20(10-8-19)28-23(30)27-18(4)5/h7-10,17-18,21H,6,11-16H2,1-5H3,(H2,24,25,26)(H2,27,28,30). The Bertz CT molecular complexity index is 684. The molecular weight excluding hydrogens is 392 g/mol. The molecule has 1 atom stereocenters. The first-order chi connectivity index (χ1) is 14.9. The van der Waals surface area contributed by atoms with Gasteiger partial charge in [0.2, 0.25) is 0 Å². The van der Waals surface area contributed by atoms with Gasteiger partial charge in [0.1, 0.15) is 0 Å². The Balaban J connectivity index is 1.91. The number of urea groups is 1. The molecule has 1 aliphatic rings. The van der Waals surface area contributed by atoms with Crippen LogP contribution in [0.5, 0.6) is 0 Å². The van der Waals surface area contributed by atoms with Gasteiger partial charge in [0, 0.05) is 44.0 Å². The summed E-state index contributed by atoms with van der Waals surface area (Å²) in [5.41, 5.74) is 1.85. The molecule has 0 radical (unpaired) electrons. The van der Waals surface area contributed by atoms with E-state index < -0.39 is 0 Å². The molecule has 0 aromatic heterocycles. The van der Waals surface area contributed by atoms with Crippen molar-refractivity contribution in [2.45, 2.75) is 53.2 Å². The summed E-state index contributed by atoms with van der Waals surface area (Å²) < 4.78 is 5.50. The number of ether oxygens (including phenoxy) is 1. The van der Waals surface area contributed by atoms with Crippen LogP contribution < -0.4 is 21.3 Å². The molecule has 1 aliphatic heterocycles. The van der Waals surface area contributed by atoms with Crippen molar-refractivity contribution in [2.75, 3.05) is 44.7 Å². The molecule has 0 saturated carbocycles. The van der Waals surface area contributed by atoms with Crippen molar-refractivity contribution < 1.29 is 9.53 Å². The topological polar surface area (TPSA) is 90.0 Å². The smallest absolute Gasteiger partial charge is 0.319 e. The zero-order valence-electron chi connectivity index (χ0n) is 19.7. The fourth-order valence-corrected chi connectivity index (χ4v) is 3.53. The number of anilines is 1. The molecule has 2 rings (SSSR count). The minimum atomic E-state index is -0.195. The molecule has 1 heterocycles. The zero-order chi connectivity index (χ0) is 22.6. The summed E-state index contributed by atoms with van der Waals surface area (Å²) in [5, 5.41) is 12.5. The van der Waals surface area contributed by atoms with Gasteiger partial charge in [-0.25, -0.2) is 9.79 Å². The van der Waals surface area contributed by atoms with Crippen molar-refractivity contribution in [3.8, 4) is 0 Å². The molecule has 8 heteroatoms. The highest BCUT2D eigenvalue weighted by Gasteiger charge is 2.23. The van der Waals surface area contributed by atoms with Gasteiger partial charge in [-0.3, -0.25) is 4.90 Å². The molecule has 1 aromatic carbocycles. The average molecular weight is 433 g/mol. The highest BCUT2D eigenvalue weighted by atomic mass is 16.5. The first-order valence-electron chi connectivity index (χ1n) is 11.4. The number of guanidine groups is 1. The van der Waals surface area contributed by atoms with E-state index in [1.54, 1.807) is 0 Å². The normalized spacial score (nSPS) is 16.3. The third-order valence-electron chi connectivity index (χ3n) is 5.16. The van der Waals surface area contributed by atoms with E-state index in [2.05, 4.69) is 46.9 Å². The molecule has 8 nitrogen and oxygen atoms in total. The molecule has 0 aliphatic carbocycles. The number of benzene rings is 1. The third-order valence-corrected chi connectivity index (χ3v) is 5.16. The minimum absolute atomic E-state index is 0.101. The second-order valence-electron chi connectivity index (χ2n) is 8.49. The Morgan fingerprint density at radius 2 is 1.77 bits per heavy atom. The molecule has 0 bridgehead atoms. The number of nitrogens with zero attached hydrogens (tertiary/aromatic N) is 2. The summed E-state index contributed by atoms with van der Waals surface area (Å²) in [5.74, 6) is 1.36. The molecule has 0 spiro atoms.